The Morgan fingerprint density at radius 3 is 2.74 bits per heavy atom. The van der Waals surface area contributed by atoms with Crippen LogP contribution in [0.5, 0.6) is 0 Å². The first-order valence-corrected chi connectivity index (χ1v) is 7.56. The fourth-order valence-electron chi connectivity index (χ4n) is 2.94. The Morgan fingerprint density at radius 2 is 2.09 bits per heavy atom. The van der Waals surface area contributed by atoms with Gasteiger partial charge in [-0.3, -0.25) is 19.6 Å². The number of aryl methyl sites for hydroxylation is 2. The number of rotatable bonds is 3. The minimum atomic E-state index is -0.486. The molecule has 0 saturated carbocycles. The van der Waals surface area contributed by atoms with E-state index in [1.54, 1.807) is 4.68 Å². The van der Waals surface area contributed by atoms with E-state index in [1.165, 1.54) is 24.3 Å². The number of non-ortho nitro benzene ring substituents is 1. The van der Waals surface area contributed by atoms with E-state index in [0.29, 0.717) is 11.5 Å². The van der Waals surface area contributed by atoms with Gasteiger partial charge in [-0.1, -0.05) is 6.92 Å². The molecule has 1 amide bonds. The topological polar surface area (TPSA) is 90.1 Å². The van der Waals surface area contributed by atoms with E-state index in [2.05, 4.69) is 17.3 Å². The van der Waals surface area contributed by atoms with Gasteiger partial charge in [0.1, 0.15) is 5.82 Å². The molecule has 1 atom stereocenters. The number of carbonyl (C=O) groups is 1. The maximum atomic E-state index is 12.4. The molecule has 1 unspecified atom stereocenters. The van der Waals surface area contributed by atoms with E-state index in [0.717, 1.165) is 36.3 Å². The Kier molecular flexibility index (Phi) is 3.85. The van der Waals surface area contributed by atoms with Crippen molar-refractivity contribution in [3.63, 3.8) is 0 Å². The number of nitrogens with one attached hydrogen (secondary N) is 1. The van der Waals surface area contributed by atoms with Crippen molar-refractivity contribution < 1.29 is 9.72 Å². The number of amides is 1. The summed E-state index contributed by atoms with van der Waals surface area (Å²) in [5.41, 5.74) is 2.49. The van der Waals surface area contributed by atoms with Gasteiger partial charge in [0, 0.05) is 30.3 Å². The second-order valence-electron chi connectivity index (χ2n) is 6.00. The number of hydrogen-bond donors (Lipinski definition) is 1. The number of anilines is 1. The molecular formula is C16H18N4O3. The second-order valence-corrected chi connectivity index (χ2v) is 6.00. The summed E-state index contributed by atoms with van der Waals surface area (Å²) in [6, 6.07) is 5.57. The van der Waals surface area contributed by atoms with Gasteiger partial charge in [-0.25, -0.2) is 0 Å². The minimum absolute atomic E-state index is 0.0340. The molecule has 0 spiro atoms. The van der Waals surface area contributed by atoms with Crippen LogP contribution in [-0.2, 0) is 19.9 Å². The molecule has 0 aliphatic heterocycles. The summed E-state index contributed by atoms with van der Waals surface area (Å²) in [6.45, 7) is 2.19. The highest BCUT2D eigenvalue weighted by Crippen LogP contribution is 2.30. The quantitative estimate of drug-likeness (QED) is 0.696. The van der Waals surface area contributed by atoms with Crippen LogP contribution in [0.2, 0.25) is 0 Å². The molecule has 7 nitrogen and oxygen atoms in total. The van der Waals surface area contributed by atoms with E-state index < -0.39 is 4.92 Å². The molecular weight excluding hydrogens is 296 g/mol. The van der Waals surface area contributed by atoms with E-state index in [1.807, 2.05) is 7.05 Å². The van der Waals surface area contributed by atoms with Crippen LogP contribution in [0, 0.1) is 16.0 Å². The number of benzene rings is 1. The van der Waals surface area contributed by atoms with Crippen LogP contribution in [0.25, 0.3) is 0 Å². The molecule has 2 aromatic rings. The third-order valence-electron chi connectivity index (χ3n) is 4.23. The van der Waals surface area contributed by atoms with Gasteiger partial charge in [0.05, 0.1) is 10.6 Å². The first kappa shape index (κ1) is 15.2. The second kappa shape index (κ2) is 5.83. The number of nitro groups is 1. The van der Waals surface area contributed by atoms with Gasteiger partial charge in [-0.15, -0.1) is 0 Å². The lowest BCUT2D eigenvalue weighted by Crippen LogP contribution is -2.17. The summed E-state index contributed by atoms with van der Waals surface area (Å²) in [5, 5.41) is 18.0. The van der Waals surface area contributed by atoms with Crippen LogP contribution in [-0.4, -0.2) is 20.6 Å². The van der Waals surface area contributed by atoms with E-state index >= 15 is 0 Å². The molecule has 0 saturated heterocycles. The van der Waals surface area contributed by atoms with Crippen LogP contribution in [0.15, 0.2) is 24.3 Å². The van der Waals surface area contributed by atoms with Gasteiger partial charge in [0.15, 0.2) is 0 Å². The summed E-state index contributed by atoms with van der Waals surface area (Å²) in [4.78, 5) is 22.6. The Labute approximate surface area is 133 Å². The monoisotopic (exact) mass is 314 g/mol. The van der Waals surface area contributed by atoms with Crippen molar-refractivity contribution in [1.29, 1.82) is 0 Å². The first-order valence-electron chi connectivity index (χ1n) is 7.56. The van der Waals surface area contributed by atoms with Crippen molar-refractivity contribution in [3.05, 3.63) is 51.2 Å². The number of hydrogen-bond acceptors (Lipinski definition) is 4. The highest BCUT2D eigenvalue weighted by Gasteiger charge is 2.24. The Balaban J connectivity index is 1.83. The fourth-order valence-corrected chi connectivity index (χ4v) is 2.94. The van der Waals surface area contributed by atoms with Crippen molar-refractivity contribution in [2.24, 2.45) is 13.0 Å². The van der Waals surface area contributed by atoms with Crippen LogP contribution in [0.1, 0.15) is 35.0 Å². The van der Waals surface area contributed by atoms with E-state index in [4.69, 9.17) is 0 Å². The lowest BCUT2D eigenvalue weighted by atomic mass is 9.89. The maximum Gasteiger partial charge on any atom is 0.269 e. The summed E-state index contributed by atoms with van der Waals surface area (Å²) in [6.07, 6.45) is 2.94. The molecule has 23 heavy (non-hydrogen) atoms. The lowest BCUT2D eigenvalue weighted by Gasteiger charge is -2.18. The molecule has 3 rings (SSSR count). The molecule has 0 radical (unpaired) electrons. The van der Waals surface area contributed by atoms with Crippen LogP contribution in [0.3, 0.4) is 0 Å². The Hall–Kier alpha value is -2.70. The number of nitro benzene ring substituents is 1. The number of aromatic nitrogens is 2. The Morgan fingerprint density at radius 1 is 1.39 bits per heavy atom. The van der Waals surface area contributed by atoms with E-state index in [9.17, 15) is 14.9 Å². The molecule has 7 heteroatoms. The lowest BCUT2D eigenvalue weighted by molar-refractivity contribution is -0.384. The van der Waals surface area contributed by atoms with Gasteiger partial charge >= 0.3 is 0 Å². The standard InChI is InChI=1S/C16H18N4O3/c1-10-3-8-14-13(9-10)15(19(2)18-14)17-16(21)11-4-6-12(7-5-11)20(22)23/h4-7,10H,3,8-9H2,1-2H3,(H,17,21). The molecule has 0 bridgehead atoms. The third-order valence-corrected chi connectivity index (χ3v) is 4.23. The first-order chi connectivity index (χ1) is 11.0. The molecule has 1 aliphatic carbocycles. The summed E-state index contributed by atoms with van der Waals surface area (Å²) in [5.74, 6) is 1.00. The average molecular weight is 314 g/mol. The normalized spacial score (nSPS) is 16.7. The smallest absolute Gasteiger partial charge is 0.269 e. The minimum Gasteiger partial charge on any atom is -0.307 e. The summed E-state index contributed by atoms with van der Waals surface area (Å²) in [7, 11) is 1.81. The molecule has 1 aliphatic rings. The predicted octanol–water partition coefficient (Wildman–Crippen LogP) is 2.71. The number of nitrogens with zero attached hydrogens (tertiary/aromatic N) is 3. The highest BCUT2D eigenvalue weighted by atomic mass is 16.6. The van der Waals surface area contributed by atoms with Crippen LogP contribution >= 0.6 is 0 Å². The van der Waals surface area contributed by atoms with E-state index in [-0.39, 0.29) is 11.6 Å². The van der Waals surface area contributed by atoms with Crippen molar-refractivity contribution in [2.45, 2.75) is 26.2 Å². The van der Waals surface area contributed by atoms with Crippen molar-refractivity contribution >= 4 is 17.4 Å². The zero-order chi connectivity index (χ0) is 16.6. The average Bonchev–Trinajstić information content (AvgIpc) is 2.83. The molecule has 1 N–H and O–H groups in total. The highest BCUT2D eigenvalue weighted by molar-refractivity contribution is 6.04. The van der Waals surface area contributed by atoms with Gasteiger partial charge in [0.2, 0.25) is 0 Å². The van der Waals surface area contributed by atoms with Crippen molar-refractivity contribution in [2.75, 3.05) is 5.32 Å². The molecule has 1 aromatic heterocycles. The number of carbonyl (C=O) groups excluding carboxylic acids is 1. The largest absolute Gasteiger partial charge is 0.307 e. The van der Waals surface area contributed by atoms with Crippen molar-refractivity contribution in [3.8, 4) is 0 Å². The van der Waals surface area contributed by atoms with Crippen molar-refractivity contribution in [1.82, 2.24) is 9.78 Å². The van der Waals surface area contributed by atoms with Crippen LogP contribution in [0.4, 0.5) is 11.5 Å². The van der Waals surface area contributed by atoms with Crippen LogP contribution < -0.4 is 5.32 Å². The Bertz CT molecular complexity index is 764. The van der Waals surface area contributed by atoms with Gasteiger partial charge < -0.3 is 5.32 Å². The van der Waals surface area contributed by atoms with Gasteiger partial charge in [-0.2, -0.15) is 5.10 Å². The molecule has 1 aromatic carbocycles. The SMILES string of the molecule is CC1CCc2nn(C)c(NC(=O)c3ccc([N+](=O)[O-])cc3)c2C1. The predicted molar refractivity (Wildman–Crippen MR) is 85.4 cm³/mol. The number of fused-ring (bicyclic) bond motifs is 1. The van der Waals surface area contributed by atoms with Gasteiger partial charge in [-0.05, 0) is 37.3 Å². The summed E-state index contributed by atoms with van der Waals surface area (Å²) < 4.78 is 1.70. The molecule has 0 fully saturated rings. The maximum absolute atomic E-state index is 12.4. The zero-order valence-corrected chi connectivity index (χ0v) is 13.1. The van der Waals surface area contributed by atoms with Gasteiger partial charge in [0.25, 0.3) is 11.6 Å². The summed E-state index contributed by atoms with van der Waals surface area (Å²) >= 11 is 0. The zero-order valence-electron chi connectivity index (χ0n) is 13.1. The molecule has 120 valence electrons. The fraction of sp³-hybridized carbons (Fsp3) is 0.375. The third kappa shape index (κ3) is 2.94. The molecule has 1 heterocycles.